The van der Waals surface area contributed by atoms with Crippen molar-refractivity contribution in [2.45, 2.75) is 40.0 Å². The standard InChI is InChI=1S/C20H26N4O3/c1-20(2,3)19(25)27-24-11-8-15(9-12-24)13-17-22-18(26-23-17)7-6-16-5-4-10-21-14-16/h4-7,10,14-15H,8-9,11-13H2,1-3H3/b7-6+. The molecular weight excluding hydrogens is 344 g/mol. The Bertz CT molecular complexity index is 772. The summed E-state index contributed by atoms with van der Waals surface area (Å²) in [5.74, 6) is 1.47. The van der Waals surface area contributed by atoms with Crippen molar-refractivity contribution >= 4 is 18.1 Å². The van der Waals surface area contributed by atoms with Crippen LogP contribution in [0.15, 0.2) is 29.0 Å². The molecule has 1 fully saturated rings. The van der Waals surface area contributed by atoms with Gasteiger partial charge in [-0.25, -0.2) is 4.79 Å². The van der Waals surface area contributed by atoms with Crippen LogP contribution in [0.5, 0.6) is 0 Å². The maximum atomic E-state index is 12.0. The summed E-state index contributed by atoms with van der Waals surface area (Å²) >= 11 is 0. The molecule has 1 aliphatic rings. The maximum Gasteiger partial charge on any atom is 0.330 e. The largest absolute Gasteiger partial charge is 0.367 e. The van der Waals surface area contributed by atoms with Crippen LogP contribution in [0.4, 0.5) is 0 Å². The molecule has 0 aliphatic carbocycles. The number of hydroxylamine groups is 2. The van der Waals surface area contributed by atoms with Crippen molar-refractivity contribution in [1.82, 2.24) is 20.2 Å². The summed E-state index contributed by atoms with van der Waals surface area (Å²) < 4.78 is 5.29. The third-order valence-corrected chi connectivity index (χ3v) is 4.46. The molecule has 2 aromatic rings. The van der Waals surface area contributed by atoms with Crippen molar-refractivity contribution in [2.24, 2.45) is 11.3 Å². The Morgan fingerprint density at radius 3 is 2.78 bits per heavy atom. The fourth-order valence-corrected chi connectivity index (χ4v) is 2.78. The van der Waals surface area contributed by atoms with Gasteiger partial charge < -0.3 is 9.36 Å². The highest BCUT2D eigenvalue weighted by atomic mass is 16.7. The maximum absolute atomic E-state index is 12.0. The zero-order valence-electron chi connectivity index (χ0n) is 16.1. The molecular formula is C20H26N4O3. The number of rotatable bonds is 5. The molecule has 2 aromatic heterocycles. The molecule has 7 nitrogen and oxygen atoms in total. The molecule has 0 atom stereocenters. The third kappa shape index (κ3) is 5.72. The van der Waals surface area contributed by atoms with E-state index in [9.17, 15) is 4.79 Å². The molecule has 0 bridgehead atoms. The molecule has 7 heteroatoms. The zero-order valence-corrected chi connectivity index (χ0v) is 16.1. The monoisotopic (exact) mass is 370 g/mol. The number of nitrogens with zero attached hydrogens (tertiary/aromatic N) is 4. The molecule has 0 unspecified atom stereocenters. The smallest absolute Gasteiger partial charge is 0.330 e. The Kier molecular flexibility index (Phi) is 6.01. The van der Waals surface area contributed by atoms with E-state index in [1.807, 2.05) is 39.0 Å². The Morgan fingerprint density at radius 1 is 1.33 bits per heavy atom. The van der Waals surface area contributed by atoms with E-state index in [-0.39, 0.29) is 5.97 Å². The van der Waals surface area contributed by atoms with Gasteiger partial charge in [-0.3, -0.25) is 4.98 Å². The molecule has 0 amide bonds. The van der Waals surface area contributed by atoms with E-state index in [2.05, 4.69) is 15.1 Å². The Labute approximate surface area is 159 Å². The van der Waals surface area contributed by atoms with Gasteiger partial charge in [0.25, 0.3) is 5.89 Å². The van der Waals surface area contributed by atoms with Crippen molar-refractivity contribution in [3.8, 4) is 0 Å². The second-order valence-electron chi connectivity index (χ2n) is 7.87. The van der Waals surface area contributed by atoms with Crippen molar-refractivity contribution in [1.29, 1.82) is 0 Å². The summed E-state index contributed by atoms with van der Waals surface area (Å²) in [4.78, 5) is 25.9. The topological polar surface area (TPSA) is 81.4 Å². The molecule has 0 aromatic carbocycles. The van der Waals surface area contributed by atoms with Crippen LogP contribution in [0.3, 0.4) is 0 Å². The molecule has 0 radical (unpaired) electrons. The minimum atomic E-state index is -0.485. The van der Waals surface area contributed by atoms with E-state index in [4.69, 9.17) is 9.36 Å². The van der Waals surface area contributed by atoms with Gasteiger partial charge in [-0.15, -0.1) is 5.06 Å². The van der Waals surface area contributed by atoms with Crippen LogP contribution < -0.4 is 0 Å². The first kappa shape index (κ1) is 19.2. The number of pyridine rings is 1. The lowest BCUT2D eigenvalue weighted by Gasteiger charge is -2.31. The van der Waals surface area contributed by atoms with Crippen LogP contribution in [-0.2, 0) is 16.1 Å². The van der Waals surface area contributed by atoms with Crippen LogP contribution in [0, 0.1) is 11.3 Å². The van der Waals surface area contributed by atoms with Crippen molar-refractivity contribution < 1.29 is 14.2 Å². The van der Waals surface area contributed by atoms with Gasteiger partial charge in [0.05, 0.1) is 5.41 Å². The SMILES string of the molecule is CC(C)(C)C(=O)ON1CCC(Cc2noc(/C=C/c3cccnc3)n2)CC1. The minimum absolute atomic E-state index is 0.191. The Hall–Kier alpha value is -2.54. The average molecular weight is 370 g/mol. The first-order chi connectivity index (χ1) is 12.9. The third-order valence-electron chi connectivity index (χ3n) is 4.46. The number of carbonyl (C=O) groups excluding carboxylic acids is 1. The first-order valence-corrected chi connectivity index (χ1v) is 9.28. The quantitative estimate of drug-likeness (QED) is 0.798. The van der Waals surface area contributed by atoms with Gasteiger partial charge in [-0.05, 0) is 57.2 Å². The first-order valence-electron chi connectivity index (χ1n) is 9.28. The summed E-state index contributed by atoms with van der Waals surface area (Å²) in [6.45, 7) is 7.05. The molecule has 3 rings (SSSR count). The van der Waals surface area contributed by atoms with Crippen LogP contribution >= 0.6 is 0 Å². The average Bonchev–Trinajstić information content (AvgIpc) is 3.09. The van der Waals surface area contributed by atoms with Crippen molar-refractivity contribution in [2.75, 3.05) is 13.1 Å². The molecule has 0 N–H and O–H groups in total. The highest BCUT2D eigenvalue weighted by Crippen LogP contribution is 2.23. The normalized spacial score (nSPS) is 16.7. The molecule has 27 heavy (non-hydrogen) atoms. The van der Waals surface area contributed by atoms with Crippen LogP contribution in [0.2, 0.25) is 0 Å². The van der Waals surface area contributed by atoms with Gasteiger partial charge >= 0.3 is 5.97 Å². The fourth-order valence-electron chi connectivity index (χ4n) is 2.78. The van der Waals surface area contributed by atoms with E-state index in [1.165, 1.54) is 0 Å². The summed E-state index contributed by atoms with van der Waals surface area (Å²) in [5.41, 5.74) is 0.496. The van der Waals surface area contributed by atoms with Crippen LogP contribution in [0.1, 0.15) is 50.9 Å². The fraction of sp³-hybridized carbons (Fsp3) is 0.500. The molecule has 3 heterocycles. The van der Waals surface area contributed by atoms with Gasteiger partial charge in [0.15, 0.2) is 5.82 Å². The molecule has 1 saturated heterocycles. The lowest BCUT2D eigenvalue weighted by molar-refractivity contribution is -0.206. The minimum Gasteiger partial charge on any atom is -0.367 e. The predicted octanol–water partition coefficient (Wildman–Crippen LogP) is 3.39. The van der Waals surface area contributed by atoms with Gasteiger partial charge in [-0.2, -0.15) is 4.98 Å². The lowest BCUT2D eigenvalue weighted by atomic mass is 9.94. The van der Waals surface area contributed by atoms with E-state index in [0.717, 1.165) is 37.9 Å². The van der Waals surface area contributed by atoms with Crippen LogP contribution in [0.25, 0.3) is 12.2 Å². The van der Waals surface area contributed by atoms with Gasteiger partial charge in [0.1, 0.15) is 0 Å². The highest BCUT2D eigenvalue weighted by molar-refractivity contribution is 5.75. The van der Waals surface area contributed by atoms with Gasteiger partial charge in [0, 0.05) is 38.0 Å². The number of aromatic nitrogens is 3. The molecule has 144 valence electrons. The number of hydrogen-bond acceptors (Lipinski definition) is 7. The molecule has 0 spiro atoms. The summed E-state index contributed by atoms with van der Waals surface area (Å²) in [7, 11) is 0. The van der Waals surface area contributed by atoms with Crippen molar-refractivity contribution in [3.63, 3.8) is 0 Å². The second-order valence-corrected chi connectivity index (χ2v) is 7.87. The number of carbonyl (C=O) groups is 1. The summed E-state index contributed by atoms with van der Waals surface area (Å²) in [5, 5.41) is 5.84. The van der Waals surface area contributed by atoms with E-state index < -0.39 is 5.41 Å². The van der Waals surface area contributed by atoms with Crippen LogP contribution in [-0.4, -0.2) is 39.2 Å². The van der Waals surface area contributed by atoms with E-state index >= 15 is 0 Å². The molecule has 1 aliphatic heterocycles. The molecule has 0 saturated carbocycles. The Balaban J connectivity index is 1.46. The van der Waals surface area contributed by atoms with Crippen molar-refractivity contribution in [3.05, 3.63) is 41.8 Å². The van der Waals surface area contributed by atoms with E-state index in [1.54, 1.807) is 23.5 Å². The lowest BCUT2D eigenvalue weighted by Crippen LogP contribution is -2.39. The van der Waals surface area contributed by atoms with Gasteiger partial charge in [0.2, 0.25) is 0 Å². The predicted molar refractivity (Wildman–Crippen MR) is 101 cm³/mol. The zero-order chi connectivity index (χ0) is 19.3. The second kappa shape index (κ2) is 8.43. The number of piperidine rings is 1. The number of hydrogen-bond donors (Lipinski definition) is 0. The van der Waals surface area contributed by atoms with E-state index in [0.29, 0.717) is 17.6 Å². The summed E-state index contributed by atoms with van der Waals surface area (Å²) in [6, 6.07) is 3.84. The summed E-state index contributed by atoms with van der Waals surface area (Å²) in [6.07, 6.45) is 9.84. The highest BCUT2D eigenvalue weighted by Gasteiger charge is 2.28. The van der Waals surface area contributed by atoms with Gasteiger partial charge in [-0.1, -0.05) is 11.2 Å². The Morgan fingerprint density at radius 2 is 2.11 bits per heavy atom.